The summed E-state index contributed by atoms with van der Waals surface area (Å²) in [4.78, 5) is 7.73. The van der Waals surface area contributed by atoms with Gasteiger partial charge < -0.3 is 9.30 Å². The van der Waals surface area contributed by atoms with E-state index in [9.17, 15) is 26.9 Å². The van der Waals surface area contributed by atoms with Gasteiger partial charge in [0.2, 0.25) is 10.0 Å². The first-order valence-corrected chi connectivity index (χ1v) is 11.6. The van der Waals surface area contributed by atoms with Crippen LogP contribution in [-0.2, 0) is 10.0 Å². The Morgan fingerprint density at radius 2 is 1.94 bits per heavy atom. The molecule has 0 radical (unpaired) electrons. The number of rotatable bonds is 6. The van der Waals surface area contributed by atoms with Crippen molar-refractivity contribution >= 4 is 20.9 Å². The number of nitrogens with zero attached hydrogens (tertiary/aromatic N) is 4. The Kier molecular flexibility index (Phi) is 5.79. The van der Waals surface area contributed by atoms with Crippen molar-refractivity contribution in [1.29, 1.82) is 5.26 Å². The van der Waals surface area contributed by atoms with E-state index in [4.69, 9.17) is 4.74 Å². The number of benzene rings is 1. The summed E-state index contributed by atoms with van der Waals surface area (Å²) in [6.45, 7) is 0.706. The minimum absolute atomic E-state index is 0.108. The van der Waals surface area contributed by atoms with Crippen LogP contribution in [0.2, 0.25) is 0 Å². The third-order valence-corrected chi connectivity index (χ3v) is 7.23. The van der Waals surface area contributed by atoms with E-state index in [0.29, 0.717) is 29.3 Å². The molecule has 33 heavy (non-hydrogen) atoms. The molecule has 0 aliphatic heterocycles. The van der Waals surface area contributed by atoms with Crippen molar-refractivity contribution in [3.8, 4) is 23.3 Å². The fraction of sp³-hybridized carbons (Fsp3) is 0.381. The molecule has 1 atom stereocenters. The van der Waals surface area contributed by atoms with Gasteiger partial charge in [0.05, 0.1) is 30.6 Å². The number of nitrogens with one attached hydrogen (secondary N) is 1. The van der Waals surface area contributed by atoms with E-state index in [1.54, 1.807) is 24.0 Å². The predicted molar refractivity (Wildman–Crippen MR) is 113 cm³/mol. The molecule has 12 heteroatoms. The van der Waals surface area contributed by atoms with Gasteiger partial charge in [0.15, 0.2) is 5.82 Å². The van der Waals surface area contributed by atoms with Crippen molar-refractivity contribution in [2.75, 3.05) is 7.11 Å². The minimum atomic E-state index is -4.74. The molecule has 1 aromatic carbocycles. The molecule has 1 fully saturated rings. The number of hydrogen-bond donors (Lipinski definition) is 1. The number of aromatic nitrogens is 3. The van der Waals surface area contributed by atoms with Gasteiger partial charge in [-0.15, -0.1) is 0 Å². The first kappa shape index (κ1) is 23.0. The van der Waals surface area contributed by atoms with E-state index < -0.39 is 27.1 Å². The number of halogens is 3. The third kappa shape index (κ3) is 4.14. The Bertz CT molecular complexity index is 1340. The van der Waals surface area contributed by atoms with Crippen LogP contribution in [0.4, 0.5) is 13.2 Å². The Morgan fingerprint density at radius 3 is 2.45 bits per heavy atom. The van der Waals surface area contributed by atoms with Crippen molar-refractivity contribution in [1.82, 2.24) is 19.3 Å². The lowest BCUT2D eigenvalue weighted by molar-refractivity contribution is -0.147. The van der Waals surface area contributed by atoms with Crippen molar-refractivity contribution in [2.45, 2.75) is 49.3 Å². The lowest BCUT2D eigenvalue weighted by Gasteiger charge is -2.29. The molecule has 174 valence electrons. The number of ether oxygens (including phenoxy) is 1. The maximum absolute atomic E-state index is 12.8. The Morgan fingerprint density at radius 1 is 1.27 bits per heavy atom. The first-order chi connectivity index (χ1) is 15.6. The number of nitriles is 1. The van der Waals surface area contributed by atoms with Crippen LogP contribution in [0.5, 0.6) is 5.75 Å². The van der Waals surface area contributed by atoms with Gasteiger partial charge in [0.1, 0.15) is 28.4 Å². The van der Waals surface area contributed by atoms with E-state index in [1.807, 2.05) is 10.6 Å². The zero-order valence-corrected chi connectivity index (χ0v) is 18.5. The molecular formula is C21H20F3N5O3S. The molecule has 0 unspecified atom stereocenters. The SMILES string of the molecule is COc1ccc2c(C#N)c(-c3ncc(S(=O)(=O)N[C@@H](C)C(F)(F)F)cn3)n(C3CCC3)c2c1. The largest absolute Gasteiger partial charge is 0.497 e. The molecular weight excluding hydrogens is 459 g/mol. The van der Waals surface area contributed by atoms with Crippen LogP contribution in [0.3, 0.4) is 0 Å². The lowest BCUT2D eigenvalue weighted by Crippen LogP contribution is -2.43. The van der Waals surface area contributed by atoms with Gasteiger partial charge in [0.25, 0.3) is 0 Å². The van der Waals surface area contributed by atoms with Gasteiger partial charge in [0, 0.05) is 17.5 Å². The summed E-state index contributed by atoms with van der Waals surface area (Å²) >= 11 is 0. The summed E-state index contributed by atoms with van der Waals surface area (Å²) in [5.74, 6) is 0.722. The number of methoxy groups -OCH3 is 1. The van der Waals surface area contributed by atoms with E-state index in [2.05, 4.69) is 16.0 Å². The highest BCUT2D eigenvalue weighted by Gasteiger charge is 2.39. The smallest absolute Gasteiger partial charge is 0.404 e. The van der Waals surface area contributed by atoms with Gasteiger partial charge in [-0.1, -0.05) is 0 Å². The zero-order valence-electron chi connectivity index (χ0n) is 17.7. The number of fused-ring (bicyclic) bond motifs is 1. The molecule has 1 N–H and O–H groups in total. The van der Waals surface area contributed by atoms with E-state index in [0.717, 1.165) is 37.2 Å². The molecule has 0 amide bonds. The first-order valence-electron chi connectivity index (χ1n) is 10.1. The van der Waals surface area contributed by atoms with Gasteiger partial charge in [-0.25, -0.2) is 18.4 Å². The second-order valence-corrected chi connectivity index (χ2v) is 9.51. The standard InChI is InChI=1S/C21H20F3N5O3S/c1-12(21(22,23)24)28-33(30,31)15-10-26-20(27-11-15)19-17(9-25)16-7-6-14(32-2)8-18(16)29(19)13-4-3-5-13/h6-8,10-13,28H,3-5H2,1-2H3/t12-/m0/s1. The van der Waals surface area contributed by atoms with Crippen LogP contribution in [0, 0.1) is 11.3 Å². The normalized spacial score (nSPS) is 15.8. The van der Waals surface area contributed by atoms with E-state index in [-0.39, 0.29) is 11.9 Å². The lowest BCUT2D eigenvalue weighted by atomic mass is 9.92. The molecule has 4 rings (SSSR count). The summed E-state index contributed by atoms with van der Waals surface area (Å²) in [6, 6.07) is 5.35. The maximum Gasteiger partial charge on any atom is 0.404 e. The molecule has 1 saturated carbocycles. The minimum Gasteiger partial charge on any atom is -0.497 e. The van der Waals surface area contributed by atoms with E-state index >= 15 is 0 Å². The monoisotopic (exact) mass is 479 g/mol. The van der Waals surface area contributed by atoms with Crippen LogP contribution < -0.4 is 9.46 Å². The second-order valence-electron chi connectivity index (χ2n) is 7.80. The highest BCUT2D eigenvalue weighted by atomic mass is 32.2. The maximum atomic E-state index is 12.8. The van der Waals surface area contributed by atoms with Crippen LogP contribution in [0.15, 0.2) is 35.5 Å². The molecule has 2 heterocycles. The molecule has 0 spiro atoms. The molecule has 0 bridgehead atoms. The summed E-state index contributed by atoms with van der Waals surface area (Å²) in [6.07, 6.45) is -0.0389. The summed E-state index contributed by atoms with van der Waals surface area (Å²) in [5, 5.41) is 10.6. The highest BCUT2D eigenvalue weighted by molar-refractivity contribution is 7.89. The Labute approximate surface area is 188 Å². The van der Waals surface area contributed by atoms with Crippen molar-refractivity contribution in [2.24, 2.45) is 0 Å². The fourth-order valence-electron chi connectivity index (χ4n) is 3.72. The fourth-order valence-corrected chi connectivity index (χ4v) is 4.84. The summed E-state index contributed by atoms with van der Waals surface area (Å²) < 4.78 is 71.9. The van der Waals surface area contributed by atoms with Crippen molar-refractivity contribution < 1.29 is 26.3 Å². The molecule has 1 aliphatic rings. The second kappa shape index (κ2) is 8.31. The topological polar surface area (TPSA) is 110 Å². The summed E-state index contributed by atoms with van der Waals surface area (Å²) in [5.41, 5.74) is 1.54. The highest BCUT2D eigenvalue weighted by Crippen LogP contribution is 2.42. The number of alkyl halides is 3. The zero-order chi connectivity index (χ0) is 24.0. The number of hydrogen-bond acceptors (Lipinski definition) is 6. The molecule has 2 aromatic heterocycles. The van der Waals surface area contributed by atoms with Crippen LogP contribution >= 0.6 is 0 Å². The number of sulfonamides is 1. The molecule has 3 aromatic rings. The van der Waals surface area contributed by atoms with Crippen LogP contribution in [-0.4, -0.2) is 42.3 Å². The molecule has 8 nitrogen and oxygen atoms in total. The van der Waals surface area contributed by atoms with Crippen molar-refractivity contribution in [3.05, 3.63) is 36.2 Å². The average molecular weight is 479 g/mol. The van der Waals surface area contributed by atoms with Gasteiger partial charge in [-0.05, 0) is 38.3 Å². The third-order valence-electron chi connectivity index (χ3n) is 5.74. The Balaban J connectivity index is 1.80. The van der Waals surface area contributed by atoms with Gasteiger partial charge in [-0.3, -0.25) is 0 Å². The quantitative estimate of drug-likeness (QED) is 0.574. The van der Waals surface area contributed by atoms with Gasteiger partial charge >= 0.3 is 6.18 Å². The summed E-state index contributed by atoms with van der Waals surface area (Å²) in [7, 11) is -2.95. The predicted octanol–water partition coefficient (Wildman–Crippen LogP) is 3.93. The van der Waals surface area contributed by atoms with Crippen LogP contribution in [0.1, 0.15) is 37.8 Å². The molecule has 0 saturated heterocycles. The van der Waals surface area contributed by atoms with Gasteiger partial charge in [-0.2, -0.15) is 23.2 Å². The van der Waals surface area contributed by atoms with Crippen molar-refractivity contribution in [3.63, 3.8) is 0 Å². The molecule has 1 aliphatic carbocycles. The van der Waals surface area contributed by atoms with E-state index in [1.165, 1.54) is 0 Å². The van der Waals surface area contributed by atoms with Crippen LogP contribution in [0.25, 0.3) is 22.4 Å². The average Bonchev–Trinajstić information content (AvgIpc) is 3.04. The Hall–Kier alpha value is -3.17.